The first-order valence-electron chi connectivity index (χ1n) is 2.85. The van der Waals surface area contributed by atoms with Crippen molar-refractivity contribution >= 4 is 39.1 Å². The quantitative estimate of drug-likeness (QED) is 0.527. The van der Waals surface area contributed by atoms with Gasteiger partial charge in [-0.15, -0.1) is 11.6 Å². The molecule has 4 heteroatoms. The minimum absolute atomic E-state index is 0.275. The molecule has 0 nitrogen and oxygen atoms in total. The topological polar surface area (TPSA) is 0 Å². The molecule has 1 aromatic rings. The predicted molar refractivity (Wildman–Crippen MR) is 48.7 cm³/mol. The van der Waals surface area contributed by atoms with E-state index in [2.05, 4.69) is 15.9 Å². The summed E-state index contributed by atoms with van der Waals surface area (Å²) in [4.78, 5) is 0. The molecule has 0 saturated carbocycles. The van der Waals surface area contributed by atoms with Crippen molar-refractivity contribution in [1.82, 2.24) is 0 Å². The summed E-state index contributed by atoms with van der Waals surface area (Å²) >= 11 is 14.3. The van der Waals surface area contributed by atoms with Crippen molar-refractivity contribution in [3.05, 3.63) is 33.0 Å². The van der Waals surface area contributed by atoms with Gasteiger partial charge >= 0.3 is 0 Å². The minimum Gasteiger partial charge on any atom is -0.206 e. The molecule has 0 aliphatic heterocycles. The lowest BCUT2D eigenvalue weighted by Crippen LogP contribution is -1.84. The molecule has 0 aromatic heterocycles. The van der Waals surface area contributed by atoms with Crippen molar-refractivity contribution in [2.45, 2.75) is 5.88 Å². The van der Waals surface area contributed by atoms with Gasteiger partial charge in [0.1, 0.15) is 5.82 Å². The number of alkyl halides is 1. The van der Waals surface area contributed by atoms with Crippen molar-refractivity contribution in [2.24, 2.45) is 0 Å². The van der Waals surface area contributed by atoms with Crippen molar-refractivity contribution in [3.63, 3.8) is 0 Å². The number of halogens is 4. The third-order valence-electron chi connectivity index (χ3n) is 1.26. The monoisotopic (exact) mass is 256 g/mol. The van der Waals surface area contributed by atoms with E-state index in [1.165, 1.54) is 6.07 Å². The Bertz CT molecular complexity index is 275. The lowest BCUT2D eigenvalue weighted by atomic mass is 10.2. The molecule has 0 radical (unpaired) electrons. The van der Waals surface area contributed by atoms with Gasteiger partial charge in [-0.3, -0.25) is 0 Å². The number of benzene rings is 1. The third kappa shape index (κ3) is 1.86. The average Bonchev–Trinajstić information content (AvgIpc) is 2.01. The SMILES string of the molecule is Fc1ccc(CCl)c(Cl)c1Br. The van der Waals surface area contributed by atoms with Crippen LogP contribution in [0.1, 0.15) is 5.56 Å². The molecule has 0 aliphatic carbocycles. The molecule has 0 unspecified atom stereocenters. The maximum Gasteiger partial charge on any atom is 0.138 e. The summed E-state index contributed by atoms with van der Waals surface area (Å²) in [7, 11) is 0. The first-order chi connectivity index (χ1) is 5.16. The van der Waals surface area contributed by atoms with E-state index in [9.17, 15) is 4.39 Å². The second-order valence-electron chi connectivity index (χ2n) is 1.97. The Balaban J connectivity index is 3.25. The van der Waals surface area contributed by atoms with Gasteiger partial charge < -0.3 is 0 Å². The zero-order valence-electron chi connectivity index (χ0n) is 5.37. The third-order valence-corrected chi connectivity index (χ3v) is 2.98. The van der Waals surface area contributed by atoms with E-state index < -0.39 is 0 Å². The fraction of sp³-hybridized carbons (Fsp3) is 0.143. The molecule has 1 aromatic carbocycles. The van der Waals surface area contributed by atoms with Gasteiger partial charge in [0.05, 0.1) is 9.50 Å². The lowest BCUT2D eigenvalue weighted by Gasteiger charge is -2.01. The molecule has 0 N–H and O–H groups in total. The molecular formula is C7H4BrCl2F. The van der Waals surface area contributed by atoms with Crippen LogP contribution in [-0.2, 0) is 5.88 Å². The summed E-state index contributed by atoms with van der Waals surface area (Å²) in [6, 6.07) is 2.89. The van der Waals surface area contributed by atoms with E-state index in [4.69, 9.17) is 23.2 Å². The average molecular weight is 258 g/mol. The fourth-order valence-electron chi connectivity index (χ4n) is 0.669. The molecule has 0 spiro atoms. The van der Waals surface area contributed by atoms with E-state index in [0.29, 0.717) is 5.02 Å². The van der Waals surface area contributed by atoms with Crippen LogP contribution in [0.25, 0.3) is 0 Å². The molecule has 0 amide bonds. The summed E-state index contributed by atoms with van der Waals surface area (Å²) in [5, 5.41) is 0.347. The molecule has 11 heavy (non-hydrogen) atoms. The maximum atomic E-state index is 12.7. The molecule has 0 fully saturated rings. The highest BCUT2D eigenvalue weighted by molar-refractivity contribution is 9.10. The molecule has 0 heterocycles. The Hall–Kier alpha value is 0.210. The first kappa shape index (κ1) is 9.30. The van der Waals surface area contributed by atoms with Crippen LogP contribution in [0.5, 0.6) is 0 Å². The van der Waals surface area contributed by atoms with Crippen molar-refractivity contribution < 1.29 is 4.39 Å². The Kier molecular flexibility index (Phi) is 3.16. The van der Waals surface area contributed by atoms with Gasteiger partial charge in [-0.2, -0.15) is 0 Å². The first-order valence-corrected chi connectivity index (χ1v) is 4.55. The van der Waals surface area contributed by atoms with Gasteiger partial charge in [0.15, 0.2) is 0 Å². The van der Waals surface area contributed by atoms with Crippen LogP contribution in [-0.4, -0.2) is 0 Å². The summed E-state index contributed by atoms with van der Waals surface area (Å²) in [6.45, 7) is 0. The van der Waals surface area contributed by atoms with Crippen molar-refractivity contribution in [3.8, 4) is 0 Å². The zero-order valence-corrected chi connectivity index (χ0v) is 8.47. The van der Waals surface area contributed by atoms with Gasteiger partial charge in [-0.05, 0) is 27.6 Å². The number of rotatable bonds is 1. The molecule has 0 aliphatic rings. The number of hydrogen-bond donors (Lipinski definition) is 0. The van der Waals surface area contributed by atoms with Crippen molar-refractivity contribution in [2.75, 3.05) is 0 Å². The highest BCUT2D eigenvalue weighted by Crippen LogP contribution is 2.29. The van der Waals surface area contributed by atoms with E-state index >= 15 is 0 Å². The van der Waals surface area contributed by atoms with Crippen LogP contribution < -0.4 is 0 Å². The summed E-state index contributed by atoms with van der Waals surface area (Å²) < 4.78 is 13.0. The van der Waals surface area contributed by atoms with Gasteiger partial charge in [0.25, 0.3) is 0 Å². The summed E-state index contributed by atoms with van der Waals surface area (Å²) in [5.74, 6) is -0.0820. The second kappa shape index (κ2) is 3.74. The van der Waals surface area contributed by atoms with E-state index in [1.807, 2.05) is 0 Å². The standard InChI is InChI=1S/C7H4BrCl2F/c8-6-5(11)2-1-4(3-9)7(6)10/h1-2H,3H2. The van der Waals surface area contributed by atoms with Gasteiger partial charge in [0, 0.05) is 5.88 Å². The molecule has 0 saturated heterocycles. The van der Waals surface area contributed by atoms with Crippen LogP contribution in [0.2, 0.25) is 5.02 Å². The largest absolute Gasteiger partial charge is 0.206 e. The molecule has 0 bridgehead atoms. The van der Waals surface area contributed by atoms with Crippen molar-refractivity contribution in [1.29, 1.82) is 0 Å². The fourth-order valence-corrected chi connectivity index (χ4v) is 1.57. The van der Waals surface area contributed by atoms with Crippen LogP contribution in [0, 0.1) is 5.82 Å². The highest BCUT2D eigenvalue weighted by Gasteiger charge is 2.07. The summed E-state index contributed by atoms with van der Waals surface area (Å²) in [5.41, 5.74) is 0.724. The van der Waals surface area contributed by atoms with Gasteiger partial charge in [-0.1, -0.05) is 17.7 Å². The summed E-state index contributed by atoms with van der Waals surface area (Å²) in [6.07, 6.45) is 0. The highest BCUT2D eigenvalue weighted by atomic mass is 79.9. The van der Waals surface area contributed by atoms with Crippen LogP contribution >= 0.6 is 39.1 Å². The maximum absolute atomic E-state index is 12.7. The lowest BCUT2D eigenvalue weighted by molar-refractivity contribution is 0.620. The Morgan fingerprint density at radius 2 is 2.09 bits per heavy atom. The minimum atomic E-state index is -0.371. The van der Waals surface area contributed by atoms with Crippen LogP contribution in [0.15, 0.2) is 16.6 Å². The van der Waals surface area contributed by atoms with Gasteiger partial charge in [0.2, 0.25) is 0 Å². The Labute approximate surface area is 82.4 Å². The van der Waals surface area contributed by atoms with Crippen LogP contribution in [0.3, 0.4) is 0 Å². The smallest absolute Gasteiger partial charge is 0.138 e. The zero-order chi connectivity index (χ0) is 8.43. The Morgan fingerprint density at radius 1 is 1.45 bits per heavy atom. The molecule has 60 valence electrons. The molecule has 0 atom stereocenters. The molecule has 1 rings (SSSR count). The normalized spacial score (nSPS) is 10.2. The second-order valence-corrected chi connectivity index (χ2v) is 3.41. The Morgan fingerprint density at radius 3 is 2.64 bits per heavy atom. The predicted octanol–water partition coefficient (Wildman–Crippen LogP) is 3.98. The van der Waals surface area contributed by atoms with E-state index in [1.54, 1.807) is 6.07 Å². The number of hydrogen-bond acceptors (Lipinski definition) is 0. The molecular weight excluding hydrogens is 254 g/mol. The van der Waals surface area contributed by atoms with Crippen LogP contribution in [0.4, 0.5) is 4.39 Å². The van der Waals surface area contributed by atoms with E-state index in [0.717, 1.165) is 5.56 Å². The van der Waals surface area contributed by atoms with E-state index in [-0.39, 0.29) is 16.2 Å². The van der Waals surface area contributed by atoms with Gasteiger partial charge in [-0.25, -0.2) is 4.39 Å².